The number of rotatable bonds is 0. The van der Waals surface area contributed by atoms with Crippen LogP contribution in [-0.2, 0) is 4.79 Å². The number of allylic oxidation sites excluding steroid dienone is 4. The molecule has 0 amide bonds. The lowest BCUT2D eigenvalue weighted by Gasteiger charge is -2.31. The summed E-state index contributed by atoms with van der Waals surface area (Å²) in [5.74, 6) is 0.187. The van der Waals surface area contributed by atoms with Gasteiger partial charge in [0.1, 0.15) is 0 Å². The Bertz CT molecular complexity index is 332. The van der Waals surface area contributed by atoms with Crippen LogP contribution in [0.15, 0.2) is 21.8 Å². The second-order valence-electron chi connectivity index (χ2n) is 4.14. The number of Topliss-reactive ketones (excluding diaryl/α,β-unsaturated/α-hetero) is 1. The molecule has 0 atom stereocenters. The van der Waals surface area contributed by atoms with E-state index in [9.17, 15) is 4.79 Å². The first kappa shape index (κ1) is 10.5. The summed E-state index contributed by atoms with van der Waals surface area (Å²) in [7, 11) is 0. The lowest BCUT2D eigenvalue weighted by Crippen LogP contribution is -2.30. The van der Waals surface area contributed by atoms with Crippen LogP contribution in [0.25, 0.3) is 0 Å². The van der Waals surface area contributed by atoms with Crippen molar-refractivity contribution in [1.82, 2.24) is 0 Å². The van der Waals surface area contributed by atoms with Crippen molar-refractivity contribution in [1.29, 1.82) is 0 Å². The third kappa shape index (κ3) is 1.35. The van der Waals surface area contributed by atoms with Crippen LogP contribution in [0.3, 0.4) is 0 Å². The molecule has 0 heterocycles. The van der Waals surface area contributed by atoms with Crippen LogP contribution < -0.4 is 0 Å². The minimum absolute atomic E-state index is 0.187. The fourth-order valence-electron chi connectivity index (χ4n) is 1.53. The maximum absolute atomic E-state index is 11.9. The van der Waals surface area contributed by atoms with Crippen molar-refractivity contribution < 1.29 is 4.79 Å². The van der Waals surface area contributed by atoms with Crippen LogP contribution in [0.4, 0.5) is 0 Å². The van der Waals surface area contributed by atoms with E-state index in [1.165, 1.54) is 0 Å². The third-order valence-corrected chi connectivity index (χ3v) is 3.63. The molecule has 0 aliphatic heterocycles. The zero-order valence-corrected chi connectivity index (χ0v) is 9.54. The van der Waals surface area contributed by atoms with Gasteiger partial charge in [-0.1, -0.05) is 11.6 Å². The summed E-state index contributed by atoms with van der Waals surface area (Å²) in [6, 6.07) is 0. The molecule has 0 N–H and O–H groups in total. The Labute approximate surface area is 84.5 Å². The average molecular weight is 199 g/mol. The molecule has 0 saturated carbocycles. The van der Waals surface area contributed by atoms with Gasteiger partial charge in [-0.3, -0.25) is 4.79 Å². The van der Waals surface area contributed by atoms with E-state index in [2.05, 4.69) is 0 Å². The van der Waals surface area contributed by atoms with Crippen LogP contribution >= 0.6 is 11.6 Å². The van der Waals surface area contributed by atoms with Crippen molar-refractivity contribution in [3.63, 3.8) is 0 Å². The molecule has 72 valence electrons. The largest absolute Gasteiger partial charge is 0.294 e. The molecule has 1 aliphatic rings. The van der Waals surface area contributed by atoms with Gasteiger partial charge in [-0.15, -0.1) is 0 Å². The topological polar surface area (TPSA) is 17.1 Å². The second kappa shape index (κ2) is 2.98. The first-order valence-electron chi connectivity index (χ1n) is 4.39. The summed E-state index contributed by atoms with van der Waals surface area (Å²) in [5, 5.41) is 0.752. The highest BCUT2D eigenvalue weighted by molar-refractivity contribution is 6.34. The highest BCUT2D eigenvalue weighted by Crippen LogP contribution is 2.41. The first-order valence-corrected chi connectivity index (χ1v) is 4.77. The maximum Gasteiger partial charge on any atom is 0.168 e. The molecule has 0 aromatic rings. The molecule has 0 aromatic carbocycles. The van der Waals surface area contributed by atoms with E-state index in [1.807, 2.05) is 34.6 Å². The van der Waals surface area contributed by atoms with Gasteiger partial charge in [-0.05, 0) is 51.3 Å². The van der Waals surface area contributed by atoms with Crippen LogP contribution in [0, 0.1) is 5.41 Å². The molecule has 0 spiro atoms. The van der Waals surface area contributed by atoms with Crippen molar-refractivity contribution in [2.24, 2.45) is 5.41 Å². The van der Waals surface area contributed by atoms with Gasteiger partial charge in [0.2, 0.25) is 0 Å². The highest BCUT2D eigenvalue weighted by atomic mass is 35.5. The van der Waals surface area contributed by atoms with E-state index >= 15 is 0 Å². The predicted octanol–water partition coefficient (Wildman–Crippen LogP) is 3.44. The van der Waals surface area contributed by atoms with Crippen molar-refractivity contribution in [3.8, 4) is 0 Å². The maximum atomic E-state index is 11.9. The number of carbonyl (C=O) groups excluding carboxylic acids is 1. The highest BCUT2D eigenvalue weighted by Gasteiger charge is 2.36. The summed E-state index contributed by atoms with van der Waals surface area (Å²) in [4.78, 5) is 11.9. The van der Waals surface area contributed by atoms with Gasteiger partial charge in [0, 0.05) is 10.4 Å². The zero-order chi connectivity index (χ0) is 10.4. The minimum Gasteiger partial charge on any atom is -0.294 e. The fraction of sp³-hybridized carbons (Fsp3) is 0.545. The van der Waals surface area contributed by atoms with E-state index in [4.69, 9.17) is 11.6 Å². The smallest absolute Gasteiger partial charge is 0.168 e. The molecule has 2 heteroatoms. The Morgan fingerprint density at radius 3 is 2.00 bits per heavy atom. The average Bonchev–Trinajstić information content (AvgIpc) is 2.09. The normalized spacial score (nSPS) is 22.8. The van der Waals surface area contributed by atoms with Crippen LogP contribution in [0.1, 0.15) is 34.6 Å². The minimum atomic E-state index is -0.430. The van der Waals surface area contributed by atoms with Gasteiger partial charge in [0.15, 0.2) is 5.78 Å². The third-order valence-electron chi connectivity index (χ3n) is 3.07. The molecule has 13 heavy (non-hydrogen) atoms. The van der Waals surface area contributed by atoms with E-state index in [1.54, 1.807) is 0 Å². The number of hydrogen-bond donors (Lipinski definition) is 0. The fourth-order valence-corrected chi connectivity index (χ4v) is 1.91. The Morgan fingerprint density at radius 2 is 1.54 bits per heavy atom. The Morgan fingerprint density at radius 1 is 1.08 bits per heavy atom. The Kier molecular flexibility index (Phi) is 2.42. The molecule has 1 aliphatic carbocycles. The zero-order valence-electron chi connectivity index (χ0n) is 8.79. The van der Waals surface area contributed by atoms with Crippen molar-refractivity contribution in [2.45, 2.75) is 34.6 Å². The van der Waals surface area contributed by atoms with Crippen LogP contribution in [0.5, 0.6) is 0 Å². The molecule has 0 aromatic heterocycles. The Balaban J connectivity index is 3.41. The van der Waals surface area contributed by atoms with Gasteiger partial charge in [-0.2, -0.15) is 0 Å². The predicted molar refractivity (Wildman–Crippen MR) is 55.7 cm³/mol. The standard InChI is InChI=1S/C11H15ClO/c1-6-7(2)10(13)11(4,5)8(3)9(6)12/h1-5H3. The first-order chi connectivity index (χ1) is 5.80. The summed E-state index contributed by atoms with van der Waals surface area (Å²) >= 11 is 6.13. The van der Waals surface area contributed by atoms with Crippen molar-refractivity contribution in [3.05, 3.63) is 21.8 Å². The van der Waals surface area contributed by atoms with Gasteiger partial charge >= 0.3 is 0 Å². The number of ketones is 1. The summed E-state index contributed by atoms with van der Waals surface area (Å²) < 4.78 is 0. The summed E-state index contributed by atoms with van der Waals surface area (Å²) in [5.41, 5.74) is 2.26. The molecule has 0 saturated heterocycles. The van der Waals surface area contributed by atoms with Crippen LogP contribution in [-0.4, -0.2) is 5.78 Å². The van der Waals surface area contributed by atoms with E-state index in [0.717, 1.165) is 21.8 Å². The molecular weight excluding hydrogens is 184 g/mol. The van der Waals surface area contributed by atoms with Gasteiger partial charge in [0.25, 0.3) is 0 Å². The summed E-state index contributed by atoms with van der Waals surface area (Å²) in [6.45, 7) is 9.50. The Hall–Kier alpha value is -0.560. The lowest BCUT2D eigenvalue weighted by atomic mass is 9.73. The van der Waals surface area contributed by atoms with E-state index in [0.29, 0.717) is 0 Å². The van der Waals surface area contributed by atoms with Gasteiger partial charge in [-0.25, -0.2) is 0 Å². The van der Waals surface area contributed by atoms with Crippen LogP contribution in [0.2, 0.25) is 0 Å². The SMILES string of the molecule is CC1=C(C)C(Cl)=C(C)C(C)(C)C1=O. The molecule has 0 unspecified atom stereocenters. The molecule has 1 nitrogen and oxygen atoms in total. The molecule has 0 fully saturated rings. The summed E-state index contributed by atoms with van der Waals surface area (Å²) in [6.07, 6.45) is 0. The number of halogens is 1. The molecular formula is C11H15ClO. The van der Waals surface area contributed by atoms with E-state index in [-0.39, 0.29) is 5.78 Å². The molecule has 1 rings (SSSR count). The second-order valence-corrected chi connectivity index (χ2v) is 4.52. The molecule has 0 radical (unpaired) electrons. The van der Waals surface area contributed by atoms with Gasteiger partial charge < -0.3 is 0 Å². The van der Waals surface area contributed by atoms with Crippen molar-refractivity contribution in [2.75, 3.05) is 0 Å². The number of hydrogen-bond acceptors (Lipinski definition) is 1. The molecule has 0 bridgehead atoms. The van der Waals surface area contributed by atoms with Crippen molar-refractivity contribution >= 4 is 17.4 Å². The van der Waals surface area contributed by atoms with E-state index < -0.39 is 5.41 Å². The lowest BCUT2D eigenvalue weighted by molar-refractivity contribution is -0.121. The van der Waals surface area contributed by atoms with Gasteiger partial charge in [0.05, 0.1) is 0 Å². The monoisotopic (exact) mass is 198 g/mol. The quantitative estimate of drug-likeness (QED) is 0.583. The number of carbonyl (C=O) groups is 1.